The predicted octanol–water partition coefficient (Wildman–Crippen LogP) is 3.76. The summed E-state index contributed by atoms with van der Waals surface area (Å²) in [5, 5.41) is 11.9. The highest BCUT2D eigenvalue weighted by atomic mass is 32.2. The van der Waals surface area contributed by atoms with Gasteiger partial charge in [-0.1, -0.05) is 12.1 Å². The average molecular weight is 260 g/mol. The zero-order valence-electron chi connectivity index (χ0n) is 9.51. The molecule has 0 N–H and O–H groups in total. The third-order valence-corrected chi connectivity index (χ3v) is 4.13. The minimum Gasteiger partial charge on any atom is -0.246 e. The first-order valence-corrected chi connectivity index (χ1v) is 7.29. The molecule has 0 amide bonds. The predicted molar refractivity (Wildman–Crippen MR) is 73.0 cm³/mol. The lowest BCUT2D eigenvalue weighted by molar-refractivity contribution is 1.18. The molecule has 0 saturated carbocycles. The number of thiazole rings is 1. The topological polar surface area (TPSA) is 36.7 Å². The molecule has 0 saturated heterocycles. The first-order chi connectivity index (χ1) is 8.28. The lowest BCUT2D eigenvalue weighted by atomic mass is 10.2. The van der Waals surface area contributed by atoms with Crippen molar-refractivity contribution in [3.05, 3.63) is 51.5 Å². The third kappa shape index (κ3) is 3.58. The monoisotopic (exact) mass is 260 g/mol. The van der Waals surface area contributed by atoms with Crippen molar-refractivity contribution in [2.24, 2.45) is 0 Å². The SMILES string of the molecule is Cc1nc(CSCc2ccc(C#N)cc2)cs1. The fourth-order valence-electron chi connectivity index (χ4n) is 1.42. The molecule has 0 aliphatic rings. The molecule has 4 heteroatoms. The van der Waals surface area contributed by atoms with E-state index in [1.165, 1.54) is 5.56 Å². The molecule has 0 atom stereocenters. The summed E-state index contributed by atoms with van der Waals surface area (Å²) < 4.78 is 0. The molecule has 17 heavy (non-hydrogen) atoms. The van der Waals surface area contributed by atoms with E-state index in [0.717, 1.165) is 22.2 Å². The van der Waals surface area contributed by atoms with Crippen molar-refractivity contribution in [2.75, 3.05) is 0 Å². The zero-order chi connectivity index (χ0) is 12.1. The maximum absolute atomic E-state index is 8.69. The second-order valence-corrected chi connectivity index (χ2v) is 5.71. The summed E-state index contributed by atoms with van der Waals surface area (Å²) in [6, 6.07) is 9.87. The number of nitrogens with zero attached hydrogens (tertiary/aromatic N) is 2. The number of benzene rings is 1. The van der Waals surface area contributed by atoms with Gasteiger partial charge in [0.15, 0.2) is 0 Å². The minimum atomic E-state index is 0.717. The lowest BCUT2D eigenvalue weighted by Crippen LogP contribution is -1.84. The molecule has 0 bridgehead atoms. The van der Waals surface area contributed by atoms with Gasteiger partial charge in [-0.15, -0.1) is 11.3 Å². The molecule has 86 valence electrons. The molecule has 0 fully saturated rings. The number of hydrogen-bond acceptors (Lipinski definition) is 4. The van der Waals surface area contributed by atoms with Crippen molar-refractivity contribution in [1.29, 1.82) is 5.26 Å². The Morgan fingerprint density at radius 2 is 2.06 bits per heavy atom. The van der Waals surface area contributed by atoms with Crippen molar-refractivity contribution < 1.29 is 0 Å². The number of rotatable bonds is 4. The largest absolute Gasteiger partial charge is 0.246 e. The Kier molecular flexibility index (Phi) is 4.18. The molecule has 1 heterocycles. The summed E-state index contributed by atoms with van der Waals surface area (Å²) in [4.78, 5) is 4.42. The molecule has 0 radical (unpaired) electrons. The summed E-state index contributed by atoms with van der Waals surface area (Å²) in [5.41, 5.74) is 3.13. The first kappa shape index (κ1) is 12.2. The normalized spacial score (nSPS) is 10.1. The van der Waals surface area contributed by atoms with Crippen LogP contribution in [0.15, 0.2) is 29.6 Å². The summed E-state index contributed by atoms with van der Waals surface area (Å²) in [7, 11) is 0. The molecular formula is C13H12N2S2. The number of nitriles is 1. The molecule has 0 unspecified atom stereocenters. The van der Waals surface area contributed by atoms with Gasteiger partial charge in [0, 0.05) is 16.9 Å². The van der Waals surface area contributed by atoms with E-state index in [0.29, 0.717) is 5.56 Å². The number of hydrogen-bond donors (Lipinski definition) is 0. The van der Waals surface area contributed by atoms with Crippen molar-refractivity contribution in [3.8, 4) is 6.07 Å². The van der Waals surface area contributed by atoms with Gasteiger partial charge in [0.25, 0.3) is 0 Å². The Balaban J connectivity index is 1.84. The van der Waals surface area contributed by atoms with Gasteiger partial charge in [-0.25, -0.2) is 4.98 Å². The maximum atomic E-state index is 8.69. The van der Waals surface area contributed by atoms with Gasteiger partial charge in [-0.2, -0.15) is 17.0 Å². The summed E-state index contributed by atoms with van der Waals surface area (Å²) >= 11 is 3.54. The van der Waals surface area contributed by atoms with Crippen molar-refractivity contribution in [3.63, 3.8) is 0 Å². The standard InChI is InChI=1S/C13H12N2S2/c1-10-15-13(9-17-10)8-16-7-12-4-2-11(6-14)3-5-12/h2-5,9H,7-8H2,1H3. The van der Waals surface area contributed by atoms with E-state index in [-0.39, 0.29) is 0 Å². The molecule has 1 aromatic heterocycles. The quantitative estimate of drug-likeness (QED) is 0.840. The first-order valence-electron chi connectivity index (χ1n) is 5.26. The van der Waals surface area contributed by atoms with E-state index in [4.69, 9.17) is 5.26 Å². The Hall–Kier alpha value is -1.31. The molecule has 2 aromatic rings. The highest BCUT2D eigenvalue weighted by Crippen LogP contribution is 2.19. The van der Waals surface area contributed by atoms with Crippen LogP contribution in [0, 0.1) is 18.3 Å². The van der Waals surface area contributed by atoms with Gasteiger partial charge >= 0.3 is 0 Å². The second-order valence-electron chi connectivity index (χ2n) is 3.66. The molecule has 0 spiro atoms. The van der Waals surface area contributed by atoms with Crippen LogP contribution in [-0.4, -0.2) is 4.98 Å². The van der Waals surface area contributed by atoms with Crippen molar-refractivity contribution in [1.82, 2.24) is 4.98 Å². The van der Waals surface area contributed by atoms with Gasteiger partial charge in [-0.3, -0.25) is 0 Å². The lowest BCUT2D eigenvalue weighted by Gasteiger charge is -2.00. The van der Waals surface area contributed by atoms with Crippen LogP contribution in [0.5, 0.6) is 0 Å². The van der Waals surface area contributed by atoms with Gasteiger partial charge in [0.2, 0.25) is 0 Å². The Morgan fingerprint density at radius 3 is 2.65 bits per heavy atom. The molecular weight excluding hydrogens is 248 g/mol. The number of aryl methyl sites for hydroxylation is 1. The molecule has 2 rings (SSSR count). The summed E-state index contributed by atoms with van der Waals surface area (Å²) in [5.74, 6) is 1.91. The van der Waals surface area contributed by atoms with E-state index in [1.807, 2.05) is 43.0 Å². The minimum absolute atomic E-state index is 0.717. The van der Waals surface area contributed by atoms with Crippen molar-refractivity contribution in [2.45, 2.75) is 18.4 Å². The zero-order valence-corrected chi connectivity index (χ0v) is 11.1. The van der Waals surface area contributed by atoms with Gasteiger partial charge in [-0.05, 0) is 24.6 Å². The van der Waals surface area contributed by atoms with Gasteiger partial charge < -0.3 is 0 Å². The molecule has 0 aliphatic heterocycles. The van der Waals surface area contributed by atoms with E-state index >= 15 is 0 Å². The maximum Gasteiger partial charge on any atom is 0.0991 e. The average Bonchev–Trinajstić information content (AvgIpc) is 2.76. The van der Waals surface area contributed by atoms with Crippen LogP contribution >= 0.6 is 23.1 Å². The van der Waals surface area contributed by atoms with E-state index < -0.39 is 0 Å². The van der Waals surface area contributed by atoms with Crippen LogP contribution in [0.3, 0.4) is 0 Å². The number of thioether (sulfide) groups is 1. The fourth-order valence-corrected chi connectivity index (χ4v) is 3.03. The van der Waals surface area contributed by atoms with Crippen LogP contribution < -0.4 is 0 Å². The van der Waals surface area contributed by atoms with Crippen LogP contribution in [0.1, 0.15) is 21.8 Å². The summed E-state index contributed by atoms with van der Waals surface area (Å²) in [6.07, 6.45) is 0. The van der Waals surface area contributed by atoms with Crippen LogP contribution in [0.4, 0.5) is 0 Å². The van der Waals surface area contributed by atoms with Crippen LogP contribution in [0.2, 0.25) is 0 Å². The number of aromatic nitrogens is 1. The van der Waals surface area contributed by atoms with Gasteiger partial charge in [0.05, 0.1) is 22.3 Å². The van der Waals surface area contributed by atoms with E-state index in [2.05, 4.69) is 16.4 Å². The Labute approximate surface area is 109 Å². The van der Waals surface area contributed by atoms with Crippen LogP contribution in [-0.2, 0) is 11.5 Å². The fraction of sp³-hybridized carbons (Fsp3) is 0.231. The Morgan fingerprint density at radius 1 is 1.29 bits per heavy atom. The molecule has 1 aromatic carbocycles. The van der Waals surface area contributed by atoms with Crippen LogP contribution in [0.25, 0.3) is 0 Å². The van der Waals surface area contributed by atoms with Crippen molar-refractivity contribution >= 4 is 23.1 Å². The molecule has 0 aliphatic carbocycles. The Bertz CT molecular complexity index is 523. The van der Waals surface area contributed by atoms with E-state index in [9.17, 15) is 0 Å². The van der Waals surface area contributed by atoms with E-state index in [1.54, 1.807) is 11.3 Å². The van der Waals surface area contributed by atoms with Gasteiger partial charge in [0.1, 0.15) is 0 Å². The summed E-state index contributed by atoms with van der Waals surface area (Å²) in [6.45, 7) is 2.03. The highest BCUT2D eigenvalue weighted by molar-refractivity contribution is 7.97. The smallest absolute Gasteiger partial charge is 0.0991 e. The highest BCUT2D eigenvalue weighted by Gasteiger charge is 1.99. The third-order valence-electron chi connectivity index (χ3n) is 2.27. The molecule has 2 nitrogen and oxygen atoms in total. The second kappa shape index (κ2) is 5.85.